The number of carboxylic acid groups (broad SMARTS) is 1. The monoisotopic (exact) mass is 291 g/mol. The van der Waals surface area contributed by atoms with Crippen molar-refractivity contribution in [2.45, 2.75) is 51.0 Å². The van der Waals surface area contributed by atoms with Crippen LogP contribution in [0.1, 0.15) is 54.4 Å². The zero-order valence-electron chi connectivity index (χ0n) is 12.2. The second kappa shape index (κ2) is 6.16. The van der Waals surface area contributed by atoms with Gasteiger partial charge in [0.2, 0.25) is 0 Å². The van der Waals surface area contributed by atoms with Crippen LogP contribution in [0.15, 0.2) is 18.2 Å². The number of phenols is 1. The molecule has 1 aliphatic rings. The first-order chi connectivity index (χ1) is 9.94. The van der Waals surface area contributed by atoms with Crippen molar-refractivity contribution in [3.8, 4) is 5.75 Å². The van der Waals surface area contributed by atoms with Gasteiger partial charge in [0, 0.05) is 5.56 Å². The number of rotatable bonds is 3. The summed E-state index contributed by atoms with van der Waals surface area (Å²) in [6, 6.07) is 4.45. The number of aromatic hydroxyl groups is 1. The number of hydrogen-bond acceptors (Lipinski definition) is 3. The molecule has 0 spiro atoms. The normalized spacial score (nSPS) is 17.8. The average Bonchev–Trinajstić information content (AvgIpc) is 2.65. The number of amides is 1. The van der Waals surface area contributed by atoms with Gasteiger partial charge in [0.25, 0.3) is 5.91 Å². The highest BCUT2D eigenvalue weighted by molar-refractivity contribution is 5.99. The molecule has 0 atom stereocenters. The SMILES string of the molecule is Cc1cc(O)ccc1C(=O)NC1(C(=O)O)CCCCCC1. The summed E-state index contributed by atoms with van der Waals surface area (Å²) in [5, 5.41) is 21.7. The molecule has 0 saturated heterocycles. The Bertz CT molecular complexity index is 545. The maximum Gasteiger partial charge on any atom is 0.329 e. The fourth-order valence-corrected chi connectivity index (χ4v) is 2.91. The smallest absolute Gasteiger partial charge is 0.329 e. The Kier molecular flexibility index (Phi) is 4.50. The second-order valence-electron chi connectivity index (χ2n) is 5.75. The maximum atomic E-state index is 12.4. The number of benzene rings is 1. The fourth-order valence-electron chi connectivity index (χ4n) is 2.91. The van der Waals surface area contributed by atoms with E-state index in [1.165, 1.54) is 18.2 Å². The van der Waals surface area contributed by atoms with Crippen molar-refractivity contribution in [3.05, 3.63) is 29.3 Å². The van der Waals surface area contributed by atoms with E-state index in [9.17, 15) is 19.8 Å². The van der Waals surface area contributed by atoms with Gasteiger partial charge in [-0.1, -0.05) is 25.7 Å². The quantitative estimate of drug-likeness (QED) is 0.747. The molecule has 0 aromatic heterocycles. The lowest BCUT2D eigenvalue weighted by Crippen LogP contribution is -2.54. The minimum atomic E-state index is -1.17. The first-order valence-corrected chi connectivity index (χ1v) is 7.30. The minimum absolute atomic E-state index is 0.0893. The molecule has 5 heteroatoms. The van der Waals surface area contributed by atoms with Crippen LogP contribution in [0.5, 0.6) is 5.75 Å². The third-order valence-corrected chi connectivity index (χ3v) is 4.17. The molecule has 1 fully saturated rings. The number of phenolic OH excluding ortho intramolecular Hbond substituents is 1. The summed E-state index contributed by atoms with van der Waals surface area (Å²) < 4.78 is 0. The van der Waals surface area contributed by atoms with Crippen LogP contribution < -0.4 is 5.32 Å². The van der Waals surface area contributed by atoms with Crippen LogP contribution in [0.4, 0.5) is 0 Å². The molecule has 1 aromatic rings. The van der Waals surface area contributed by atoms with Crippen LogP contribution in [0.25, 0.3) is 0 Å². The largest absolute Gasteiger partial charge is 0.508 e. The van der Waals surface area contributed by atoms with E-state index in [1.807, 2.05) is 0 Å². The number of hydrogen-bond donors (Lipinski definition) is 3. The lowest BCUT2D eigenvalue weighted by Gasteiger charge is -2.29. The Labute approximate surface area is 124 Å². The molecular weight excluding hydrogens is 270 g/mol. The molecule has 114 valence electrons. The number of carbonyl (C=O) groups is 2. The lowest BCUT2D eigenvalue weighted by atomic mass is 9.89. The highest BCUT2D eigenvalue weighted by Crippen LogP contribution is 2.28. The lowest BCUT2D eigenvalue weighted by molar-refractivity contribution is -0.145. The summed E-state index contributed by atoms with van der Waals surface area (Å²) in [6.45, 7) is 1.72. The van der Waals surface area contributed by atoms with Crippen LogP contribution in [0.3, 0.4) is 0 Å². The van der Waals surface area contributed by atoms with E-state index in [2.05, 4.69) is 5.32 Å². The van der Waals surface area contributed by atoms with Crippen molar-refractivity contribution in [3.63, 3.8) is 0 Å². The number of nitrogens with one attached hydrogen (secondary N) is 1. The van der Waals surface area contributed by atoms with E-state index in [1.54, 1.807) is 6.92 Å². The number of carboxylic acids is 1. The molecular formula is C16H21NO4. The van der Waals surface area contributed by atoms with Crippen LogP contribution in [-0.2, 0) is 4.79 Å². The van der Waals surface area contributed by atoms with Gasteiger partial charge in [-0.3, -0.25) is 4.79 Å². The predicted octanol–water partition coefficient (Wildman–Crippen LogP) is 2.61. The first kappa shape index (κ1) is 15.4. The summed E-state index contributed by atoms with van der Waals surface area (Å²) >= 11 is 0. The summed E-state index contributed by atoms with van der Waals surface area (Å²) in [4.78, 5) is 24.1. The van der Waals surface area contributed by atoms with E-state index < -0.39 is 17.4 Å². The molecule has 0 unspecified atom stereocenters. The summed E-state index contributed by atoms with van der Waals surface area (Å²) in [5.41, 5.74) is -0.142. The Morgan fingerprint density at radius 2 is 1.76 bits per heavy atom. The summed E-state index contributed by atoms with van der Waals surface area (Å²) in [6.07, 6.45) is 4.55. The molecule has 5 nitrogen and oxygen atoms in total. The van der Waals surface area contributed by atoms with Crippen molar-refractivity contribution in [1.29, 1.82) is 0 Å². The maximum absolute atomic E-state index is 12.4. The van der Waals surface area contributed by atoms with Gasteiger partial charge < -0.3 is 15.5 Å². The Balaban J connectivity index is 2.24. The molecule has 0 heterocycles. The average molecular weight is 291 g/mol. The van der Waals surface area contributed by atoms with E-state index >= 15 is 0 Å². The summed E-state index contributed by atoms with van der Waals surface area (Å²) in [7, 11) is 0. The molecule has 3 N–H and O–H groups in total. The number of aliphatic carboxylic acids is 1. The molecule has 21 heavy (non-hydrogen) atoms. The molecule has 0 aliphatic heterocycles. The van der Waals surface area contributed by atoms with Crippen molar-refractivity contribution in [2.75, 3.05) is 0 Å². The summed E-state index contributed by atoms with van der Waals surface area (Å²) in [5.74, 6) is -1.27. The van der Waals surface area contributed by atoms with E-state index in [0.29, 0.717) is 24.0 Å². The van der Waals surface area contributed by atoms with Crippen LogP contribution in [0, 0.1) is 6.92 Å². The van der Waals surface area contributed by atoms with Gasteiger partial charge >= 0.3 is 5.97 Å². The zero-order chi connectivity index (χ0) is 15.5. The van der Waals surface area contributed by atoms with Gasteiger partial charge in [-0.25, -0.2) is 4.79 Å². The topological polar surface area (TPSA) is 86.6 Å². The highest BCUT2D eigenvalue weighted by Gasteiger charge is 2.40. The second-order valence-corrected chi connectivity index (χ2v) is 5.75. The van der Waals surface area contributed by atoms with Gasteiger partial charge in [-0.2, -0.15) is 0 Å². The van der Waals surface area contributed by atoms with E-state index in [0.717, 1.165) is 25.7 Å². The predicted molar refractivity (Wildman–Crippen MR) is 78.4 cm³/mol. The Hall–Kier alpha value is -2.04. The van der Waals surface area contributed by atoms with Gasteiger partial charge in [0.15, 0.2) is 0 Å². The van der Waals surface area contributed by atoms with E-state index in [-0.39, 0.29) is 5.75 Å². The van der Waals surface area contributed by atoms with E-state index in [4.69, 9.17) is 0 Å². The van der Waals surface area contributed by atoms with Crippen LogP contribution in [-0.4, -0.2) is 27.6 Å². The zero-order valence-corrected chi connectivity index (χ0v) is 12.2. The number of aryl methyl sites for hydroxylation is 1. The molecule has 0 bridgehead atoms. The molecule has 2 rings (SSSR count). The van der Waals surface area contributed by atoms with Crippen molar-refractivity contribution < 1.29 is 19.8 Å². The molecule has 1 amide bonds. The van der Waals surface area contributed by atoms with Crippen LogP contribution in [0.2, 0.25) is 0 Å². The van der Waals surface area contributed by atoms with Gasteiger partial charge in [-0.05, 0) is 43.5 Å². The third-order valence-electron chi connectivity index (χ3n) is 4.17. The number of carbonyl (C=O) groups excluding carboxylic acids is 1. The van der Waals surface area contributed by atoms with Crippen molar-refractivity contribution >= 4 is 11.9 Å². The minimum Gasteiger partial charge on any atom is -0.508 e. The van der Waals surface area contributed by atoms with Gasteiger partial charge in [0.1, 0.15) is 11.3 Å². The highest BCUT2D eigenvalue weighted by atomic mass is 16.4. The molecule has 1 aromatic carbocycles. The molecule has 0 radical (unpaired) electrons. The van der Waals surface area contributed by atoms with Crippen molar-refractivity contribution in [2.24, 2.45) is 0 Å². The van der Waals surface area contributed by atoms with Crippen molar-refractivity contribution in [1.82, 2.24) is 5.32 Å². The molecule has 1 aliphatic carbocycles. The first-order valence-electron chi connectivity index (χ1n) is 7.30. The Morgan fingerprint density at radius 3 is 2.29 bits per heavy atom. The van der Waals surface area contributed by atoms with Gasteiger partial charge in [-0.15, -0.1) is 0 Å². The standard InChI is InChI=1S/C16H21NO4/c1-11-10-12(18)6-7-13(11)14(19)17-16(15(20)21)8-4-2-3-5-9-16/h6-7,10,18H,2-5,8-9H2,1H3,(H,17,19)(H,20,21). The third kappa shape index (κ3) is 3.35. The molecule has 1 saturated carbocycles. The fraction of sp³-hybridized carbons (Fsp3) is 0.500. The Morgan fingerprint density at radius 1 is 1.14 bits per heavy atom. The van der Waals surface area contributed by atoms with Crippen LogP contribution >= 0.6 is 0 Å². The van der Waals surface area contributed by atoms with Gasteiger partial charge in [0.05, 0.1) is 0 Å².